The molecule has 1 unspecified atom stereocenters. The van der Waals surface area contributed by atoms with Crippen LogP contribution >= 0.6 is 0 Å². The van der Waals surface area contributed by atoms with E-state index in [4.69, 9.17) is 10.5 Å². The Morgan fingerprint density at radius 1 is 1.12 bits per heavy atom. The van der Waals surface area contributed by atoms with Crippen LogP contribution in [0.4, 0.5) is 0 Å². The van der Waals surface area contributed by atoms with Crippen LogP contribution in [-0.4, -0.2) is 24.6 Å². The van der Waals surface area contributed by atoms with Gasteiger partial charge in [-0.15, -0.1) is 0 Å². The lowest BCUT2D eigenvalue weighted by Crippen LogP contribution is -2.55. The molecule has 1 amide bonds. The SMILES string of the molecule is CC(C)C(C)(CN)NC(=O)CCOc1ccccc1-c1ccccc1. The van der Waals surface area contributed by atoms with Gasteiger partial charge < -0.3 is 15.8 Å². The fourth-order valence-electron chi connectivity index (χ4n) is 2.51. The van der Waals surface area contributed by atoms with Gasteiger partial charge >= 0.3 is 0 Å². The molecule has 0 radical (unpaired) electrons. The first kappa shape index (κ1) is 19.0. The molecule has 0 heterocycles. The first-order valence-electron chi connectivity index (χ1n) is 8.74. The van der Waals surface area contributed by atoms with Crippen molar-refractivity contribution in [1.82, 2.24) is 5.32 Å². The van der Waals surface area contributed by atoms with E-state index in [1.807, 2.05) is 61.5 Å². The Labute approximate surface area is 150 Å². The van der Waals surface area contributed by atoms with Gasteiger partial charge in [0.1, 0.15) is 5.75 Å². The molecule has 4 nitrogen and oxygen atoms in total. The highest BCUT2D eigenvalue weighted by Crippen LogP contribution is 2.29. The molecule has 0 saturated carbocycles. The van der Waals surface area contributed by atoms with Gasteiger partial charge in [0.05, 0.1) is 18.6 Å². The molecule has 0 fully saturated rings. The summed E-state index contributed by atoms with van der Waals surface area (Å²) < 4.78 is 5.88. The Morgan fingerprint density at radius 2 is 1.76 bits per heavy atom. The Hall–Kier alpha value is -2.33. The molecule has 3 N–H and O–H groups in total. The summed E-state index contributed by atoms with van der Waals surface area (Å²) in [5, 5.41) is 3.03. The Balaban J connectivity index is 1.96. The summed E-state index contributed by atoms with van der Waals surface area (Å²) in [6, 6.07) is 17.9. The van der Waals surface area contributed by atoms with Gasteiger partial charge in [-0.05, 0) is 24.5 Å². The molecule has 0 saturated heterocycles. The number of hydrogen-bond donors (Lipinski definition) is 2. The third kappa shape index (κ3) is 5.07. The number of carbonyl (C=O) groups is 1. The van der Waals surface area contributed by atoms with Crippen molar-refractivity contribution in [3.05, 3.63) is 54.6 Å². The zero-order valence-corrected chi connectivity index (χ0v) is 15.3. The van der Waals surface area contributed by atoms with Crippen LogP contribution in [0.5, 0.6) is 5.75 Å². The number of benzene rings is 2. The smallest absolute Gasteiger partial charge is 0.223 e. The summed E-state index contributed by atoms with van der Waals surface area (Å²) in [5.74, 6) is 1.01. The lowest BCUT2D eigenvalue weighted by atomic mass is 9.88. The molecule has 0 aliphatic carbocycles. The summed E-state index contributed by atoms with van der Waals surface area (Å²) in [7, 11) is 0. The third-order valence-electron chi connectivity index (χ3n) is 4.68. The summed E-state index contributed by atoms with van der Waals surface area (Å²) in [6.07, 6.45) is 0.297. The second-order valence-corrected chi connectivity index (χ2v) is 6.79. The first-order chi connectivity index (χ1) is 12.0. The van der Waals surface area contributed by atoms with Crippen LogP contribution in [0.2, 0.25) is 0 Å². The second-order valence-electron chi connectivity index (χ2n) is 6.79. The number of para-hydroxylation sites is 1. The lowest BCUT2D eigenvalue weighted by molar-refractivity contribution is -0.123. The van der Waals surface area contributed by atoms with E-state index in [1.165, 1.54) is 0 Å². The highest BCUT2D eigenvalue weighted by Gasteiger charge is 2.28. The van der Waals surface area contributed by atoms with Gasteiger partial charge in [-0.3, -0.25) is 4.79 Å². The van der Waals surface area contributed by atoms with E-state index in [0.717, 1.165) is 16.9 Å². The van der Waals surface area contributed by atoms with Crippen molar-refractivity contribution in [2.75, 3.05) is 13.2 Å². The molecule has 0 aliphatic rings. The Morgan fingerprint density at radius 3 is 2.40 bits per heavy atom. The zero-order valence-electron chi connectivity index (χ0n) is 15.3. The fourth-order valence-corrected chi connectivity index (χ4v) is 2.51. The molecule has 134 valence electrons. The lowest BCUT2D eigenvalue weighted by Gasteiger charge is -2.33. The Kier molecular flexibility index (Phi) is 6.59. The summed E-state index contributed by atoms with van der Waals surface area (Å²) >= 11 is 0. The maximum absolute atomic E-state index is 12.2. The second kappa shape index (κ2) is 8.67. The minimum absolute atomic E-state index is 0.0427. The molecular formula is C21H28N2O2. The summed E-state index contributed by atoms with van der Waals surface area (Å²) in [4.78, 5) is 12.2. The average Bonchev–Trinajstić information content (AvgIpc) is 2.62. The van der Waals surface area contributed by atoms with E-state index >= 15 is 0 Å². The highest BCUT2D eigenvalue weighted by molar-refractivity contribution is 5.77. The van der Waals surface area contributed by atoms with Gasteiger partial charge in [-0.1, -0.05) is 62.4 Å². The first-order valence-corrected chi connectivity index (χ1v) is 8.74. The highest BCUT2D eigenvalue weighted by atomic mass is 16.5. The van der Waals surface area contributed by atoms with Crippen molar-refractivity contribution >= 4 is 5.91 Å². The predicted molar refractivity (Wildman–Crippen MR) is 102 cm³/mol. The van der Waals surface area contributed by atoms with Gasteiger partial charge in [0.25, 0.3) is 0 Å². The van der Waals surface area contributed by atoms with Crippen molar-refractivity contribution in [3.63, 3.8) is 0 Å². The van der Waals surface area contributed by atoms with Crippen molar-refractivity contribution in [2.45, 2.75) is 32.7 Å². The number of ether oxygens (including phenoxy) is 1. The Bertz CT molecular complexity index is 685. The van der Waals surface area contributed by atoms with Gasteiger partial charge in [0.2, 0.25) is 5.91 Å². The minimum Gasteiger partial charge on any atom is -0.492 e. The van der Waals surface area contributed by atoms with Crippen molar-refractivity contribution < 1.29 is 9.53 Å². The van der Waals surface area contributed by atoms with Crippen LogP contribution in [0.25, 0.3) is 11.1 Å². The normalized spacial score (nSPS) is 13.3. The van der Waals surface area contributed by atoms with E-state index in [-0.39, 0.29) is 17.4 Å². The number of nitrogens with one attached hydrogen (secondary N) is 1. The van der Waals surface area contributed by atoms with Crippen LogP contribution in [0.3, 0.4) is 0 Å². The maximum Gasteiger partial charge on any atom is 0.223 e. The minimum atomic E-state index is -0.390. The van der Waals surface area contributed by atoms with Gasteiger partial charge in [-0.25, -0.2) is 0 Å². The topological polar surface area (TPSA) is 64.3 Å². The monoisotopic (exact) mass is 340 g/mol. The van der Waals surface area contributed by atoms with Crippen LogP contribution in [0, 0.1) is 5.92 Å². The number of rotatable bonds is 8. The molecule has 0 spiro atoms. The van der Waals surface area contributed by atoms with Gasteiger partial charge in [0, 0.05) is 12.1 Å². The van der Waals surface area contributed by atoms with Crippen molar-refractivity contribution in [3.8, 4) is 16.9 Å². The molecule has 0 aliphatic heterocycles. The van der Waals surface area contributed by atoms with E-state index in [1.54, 1.807) is 0 Å². The molecule has 1 atom stereocenters. The quantitative estimate of drug-likeness (QED) is 0.771. The molecular weight excluding hydrogens is 312 g/mol. The zero-order chi connectivity index (χ0) is 18.3. The molecule has 0 aromatic heterocycles. The fraction of sp³-hybridized carbons (Fsp3) is 0.381. The van der Waals surface area contributed by atoms with Gasteiger partial charge in [0.15, 0.2) is 0 Å². The predicted octanol–water partition coefficient (Wildman–Crippen LogP) is 3.61. The number of nitrogens with two attached hydrogens (primary N) is 1. The maximum atomic E-state index is 12.2. The summed E-state index contributed by atoms with van der Waals surface area (Å²) in [5.41, 5.74) is 7.55. The van der Waals surface area contributed by atoms with E-state index < -0.39 is 0 Å². The standard InChI is InChI=1S/C21H28N2O2/c1-16(2)21(3,15-22)23-20(24)13-14-25-19-12-8-7-11-18(19)17-9-5-4-6-10-17/h4-12,16H,13-15,22H2,1-3H3,(H,23,24). The largest absolute Gasteiger partial charge is 0.492 e. The van der Waals surface area contributed by atoms with Crippen molar-refractivity contribution in [1.29, 1.82) is 0 Å². The third-order valence-corrected chi connectivity index (χ3v) is 4.68. The molecule has 2 aromatic rings. The molecule has 0 bridgehead atoms. The molecule has 4 heteroatoms. The van der Waals surface area contributed by atoms with Gasteiger partial charge in [-0.2, -0.15) is 0 Å². The molecule has 2 aromatic carbocycles. The number of amides is 1. The van der Waals surface area contributed by atoms with E-state index in [2.05, 4.69) is 19.2 Å². The summed E-state index contributed by atoms with van der Waals surface area (Å²) in [6.45, 7) is 6.82. The molecule has 2 rings (SSSR count). The van der Waals surface area contributed by atoms with Crippen LogP contribution in [0.15, 0.2) is 54.6 Å². The van der Waals surface area contributed by atoms with Crippen LogP contribution in [0.1, 0.15) is 27.2 Å². The van der Waals surface area contributed by atoms with Crippen LogP contribution < -0.4 is 15.8 Å². The number of carbonyl (C=O) groups excluding carboxylic acids is 1. The number of hydrogen-bond acceptors (Lipinski definition) is 3. The van der Waals surface area contributed by atoms with Crippen LogP contribution in [-0.2, 0) is 4.79 Å². The van der Waals surface area contributed by atoms with E-state index in [9.17, 15) is 4.79 Å². The average molecular weight is 340 g/mol. The van der Waals surface area contributed by atoms with Crippen molar-refractivity contribution in [2.24, 2.45) is 11.7 Å². The van der Waals surface area contributed by atoms with E-state index in [0.29, 0.717) is 19.6 Å². The molecule has 25 heavy (non-hydrogen) atoms.